The number of carbonyl (C=O) groups is 2. The first-order valence-electron chi connectivity index (χ1n) is 11.9. The molecule has 0 atom stereocenters. The zero-order valence-electron chi connectivity index (χ0n) is 21.1. The maximum atomic E-state index is 13.1. The van der Waals surface area contributed by atoms with Crippen LogP contribution in [0.1, 0.15) is 51.8 Å². The third-order valence-electron chi connectivity index (χ3n) is 5.47. The lowest BCUT2D eigenvalue weighted by Crippen LogP contribution is -2.41. The Morgan fingerprint density at radius 2 is 1.80 bits per heavy atom. The van der Waals surface area contributed by atoms with Gasteiger partial charge < -0.3 is 15.5 Å². The zero-order chi connectivity index (χ0) is 25.6. The number of anilines is 2. The van der Waals surface area contributed by atoms with Crippen LogP contribution in [0.5, 0.6) is 0 Å². The van der Waals surface area contributed by atoms with E-state index in [9.17, 15) is 9.59 Å². The first-order valence-corrected chi connectivity index (χ1v) is 12.6. The summed E-state index contributed by atoms with van der Waals surface area (Å²) in [6, 6.07) is 16.9. The second-order valence-electron chi connectivity index (χ2n) is 9.68. The molecule has 0 bridgehead atoms. The highest BCUT2D eigenvalue weighted by Gasteiger charge is 2.23. The molecule has 0 spiro atoms. The van der Waals surface area contributed by atoms with E-state index in [1.807, 2.05) is 61.5 Å². The van der Waals surface area contributed by atoms with Crippen LogP contribution in [0.3, 0.4) is 0 Å². The third-order valence-corrected chi connectivity index (χ3v) is 5.96. The molecule has 7 nitrogen and oxygen atoms in total. The van der Waals surface area contributed by atoms with Crippen LogP contribution in [-0.2, 0) is 10.2 Å². The minimum absolute atomic E-state index is 0.0658. The molecule has 2 N–H and O–H groups in total. The predicted molar refractivity (Wildman–Crippen MR) is 145 cm³/mol. The second kappa shape index (κ2) is 11.5. The monoisotopic (exact) mass is 539 g/mol. The number of urea groups is 1. The molecule has 0 unspecified atom stereocenters. The molecule has 0 aliphatic rings. The van der Waals surface area contributed by atoms with Crippen molar-refractivity contribution in [3.8, 4) is 5.69 Å². The summed E-state index contributed by atoms with van der Waals surface area (Å²) in [6.07, 6.45) is 1.71. The van der Waals surface area contributed by atoms with Crippen LogP contribution in [0.4, 0.5) is 16.3 Å². The van der Waals surface area contributed by atoms with Crippen molar-refractivity contribution in [2.24, 2.45) is 0 Å². The summed E-state index contributed by atoms with van der Waals surface area (Å²) < 4.78 is 2.62. The van der Waals surface area contributed by atoms with E-state index >= 15 is 0 Å². The first kappa shape index (κ1) is 26.5. The van der Waals surface area contributed by atoms with Crippen molar-refractivity contribution in [3.05, 3.63) is 70.3 Å². The summed E-state index contributed by atoms with van der Waals surface area (Å²) in [5.74, 6) is 0.299. The van der Waals surface area contributed by atoms with Crippen molar-refractivity contribution in [1.29, 1.82) is 0 Å². The van der Waals surface area contributed by atoms with Crippen LogP contribution >= 0.6 is 15.9 Å². The van der Waals surface area contributed by atoms with E-state index in [0.29, 0.717) is 18.1 Å². The van der Waals surface area contributed by atoms with Crippen molar-refractivity contribution < 1.29 is 9.59 Å². The quantitative estimate of drug-likeness (QED) is 0.342. The fourth-order valence-corrected chi connectivity index (χ4v) is 3.92. The van der Waals surface area contributed by atoms with Crippen molar-refractivity contribution in [1.82, 2.24) is 14.7 Å². The number of aryl methyl sites for hydroxylation is 1. The summed E-state index contributed by atoms with van der Waals surface area (Å²) >= 11 is 3.42. The van der Waals surface area contributed by atoms with Crippen molar-refractivity contribution in [3.63, 3.8) is 0 Å². The summed E-state index contributed by atoms with van der Waals surface area (Å²) in [5.41, 5.74) is 3.31. The molecule has 1 heterocycles. The number of halogens is 1. The number of amides is 3. The van der Waals surface area contributed by atoms with Crippen LogP contribution < -0.4 is 10.6 Å². The van der Waals surface area contributed by atoms with Gasteiger partial charge in [-0.25, -0.2) is 9.48 Å². The largest absolute Gasteiger partial charge is 0.322 e. The molecular formula is C27H34BrN5O2. The Bertz CT molecular complexity index is 1180. The van der Waals surface area contributed by atoms with Crippen LogP contribution in [0.2, 0.25) is 0 Å². The molecule has 8 heteroatoms. The van der Waals surface area contributed by atoms with Crippen LogP contribution in [-0.4, -0.2) is 39.7 Å². The normalized spacial score (nSPS) is 11.3. The fraction of sp³-hybridized carbons (Fsp3) is 0.370. The molecule has 3 aromatic rings. The fourth-order valence-electron chi connectivity index (χ4n) is 3.52. The van der Waals surface area contributed by atoms with Gasteiger partial charge in [-0.1, -0.05) is 68.2 Å². The molecule has 3 amide bonds. The minimum atomic E-state index is -0.311. The summed E-state index contributed by atoms with van der Waals surface area (Å²) in [7, 11) is 0. The molecule has 3 rings (SSSR count). The van der Waals surface area contributed by atoms with Gasteiger partial charge in [0, 0.05) is 28.2 Å². The van der Waals surface area contributed by atoms with E-state index in [0.717, 1.165) is 34.3 Å². The minimum Gasteiger partial charge on any atom is -0.315 e. The molecule has 0 saturated carbocycles. The van der Waals surface area contributed by atoms with Gasteiger partial charge in [0.05, 0.1) is 11.4 Å². The molecule has 0 saturated heterocycles. The summed E-state index contributed by atoms with van der Waals surface area (Å²) in [5, 5.41) is 10.7. The number of carbonyl (C=O) groups excluding carboxylic acids is 2. The topological polar surface area (TPSA) is 79.3 Å². The third kappa shape index (κ3) is 7.42. The van der Waals surface area contributed by atoms with Crippen molar-refractivity contribution in [2.45, 2.75) is 52.9 Å². The Labute approximate surface area is 216 Å². The van der Waals surface area contributed by atoms with E-state index in [4.69, 9.17) is 5.10 Å². The average molecular weight is 541 g/mol. The zero-order valence-corrected chi connectivity index (χ0v) is 22.6. The molecule has 35 heavy (non-hydrogen) atoms. The molecule has 1 aromatic heterocycles. The highest BCUT2D eigenvalue weighted by Crippen LogP contribution is 2.26. The number of unbranched alkanes of at least 4 members (excludes halogenated alkanes) is 1. The van der Waals surface area contributed by atoms with E-state index < -0.39 is 0 Å². The number of hydrogen-bond donors (Lipinski definition) is 2. The number of benzene rings is 2. The lowest BCUT2D eigenvalue weighted by Gasteiger charge is -2.22. The summed E-state index contributed by atoms with van der Waals surface area (Å²) in [4.78, 5) is 27.6. The van der Waals surface area contributed by atoms with Gasteiger partial charge >= 0.3 is 6.03 Å². The average Bonchev–Trinajstić information content (AvgIpc) is 3.21. The highest BCUT2D eigenvalue weighted by atomic mass is 79.9. The number of rotatable bonds is 8. The van der Waals surface area contributed by atoms with Gasteiger partial charge in [-0.2, -0.15) is 5.10 Å². The molecule has 0 fully saturated rings. The molecule has 0 aliphatic carbocycles. The van der Waals surface area contributed by atoms with E-state index in [1.54, 1.807) is 4.68 Å². The Morgan fingerprint density at radius 1 is 1.06 bits per heavy atom. The SMILES string of the molecule is CCCCN(CC(=O)Nc1cc(C(C)(C)C)nn1-c1cccc(C)c1)C(=O)Nc1cccc(Br)c1. The smallest absolute Gasteiger partial charge is 0.315 e. The standard InChI is InChI=1S/C27H34BrN5O2/c1-6-7-14-32(26(35)29-21-12-9-11-20(28)16-21)18-25(34)30-24-17-23(27(3,4)5)31-33(24)22-13-8-10-19(2)15-22/h8-13,15-17H,6-7,14,18H2,1-5H3,(H,29,35)(H,30,34). The molecule has 0 radical (unpaired) electrons. The lowest BCUT2D eigenvalue weighted by molar-refractivity contribution is -0.116. The molecule has 0 aliphatic heterocycles. The van der Waals surface area contributed by atoms with E-state index in [1.165, 1.54) is 4.90 Å². The van der Waals surface area contributed by atoms with Crippen molar-refractivity contribution in [2.75, 3.05) is 23.7 Å². The van der Waals surface area contributed by atoms with Gasteiger partial charge in [0.1, 0.15) is 12.4 Å². The van der Waals surface area contributed by atoms with Gasteiger partial charge in [0.15, 0.2) is 0 Å². The Kier molecular flexibility index (Phi) is 8.72. The van der Waals surface area contributed by atoms with Gasteiger partial charge in [-0.3, -0.25) is 4.79 Å². The Morgan fingerprint density at radius 3 is 2.46 bits per heavy atom. The molecule has 2 aromatic carbocycles. The molecular weight excluding hydrogens is 506 g/mol. The first-order chi connectivity index (χ1) is 16.6. The number of nitrogens with zero attached hydrogens (tertiary/aromatic N) is 3. The number of aromatic nitrogens is 2. The van der Waals surface area contributed by atoms with Crippen LogP contribution in [0.25, 0.3) is 5.69 Å². The molecule has 186 valence electrons. The maximum absolute atomic E-state index is 13.1. The predicted octanol–water partition coefficient (Wildman–Crippen LogP) is 6.51. The number of hydrogen-bond acceptors (Lipinski definition) is 3. The van der Waals surface area contributed by atoms with Gasteiger partial charge in [-0.15, -0.1) is 0 Å². The van der Waals surface area contributed by atoms with E-state index in [-0.39, 0.29) is 23.9 Å². The highest BCUT2D eigenvalue weighted by molar-refractivity contribution is 9.10. The lowest BCUT2D eigenvalue weighted by atomic mass is 9.92. The Balaban J connectivity index is 1.81. The van der Waals surface area contributed by atoms with Crippen LogP contribution in [0.15, 0.2) is 59.1 Å². The van der Waals surface area contributed by atoms with Crippen LogP contribution in [0, 0.1) is 6.92 Å². The Hall–Kier alpha value is -3.13. The van der Waals surface area contributed by atoms with E-state index in [2.05, 4.69) is 54.3 Å². The second-order valence-corrected chi connectivity index (χ2v) is 10.6. The van der Waals surface area contributed by atoms with Crippen molar-refractivity contribution >= 4 is 39.4 Å². The van der Waals surface area contributed by atoms with Gasteiger partial charge in [0.2, 0.25) is 5.91 Å². The van der Waals surface area contributed by atoms with Gasteiger partial charge in [-0.05, 0) is 49.2 Å². The summed E-state index contributed by atoms with van der Waals surface area (Å²) in [6.45, 7) is 10.7. The van der Waals surface area contributed by atoms with Gasteiger partial charge in [0.25, 0.3) is 0 Å². The number of nitrogens with one attached hydrogen (secondary N) is 2. The maximum Gasteiger partial charge on any atom is 0.322 e.